The van der Waals surface area contributed by atoms with Crippen molar-refractivity contribution in [2.24, 2.45) is 5.92 Å². The zero-order valence-corrected chi connectivity index (χ0v) is 14.1. The summed E-state index contributed by atoms with van der Waals surface area (Å²) in [7, 11) is 0. The van der Waals surface area contributed by atoms with Crippen molar-refractivity contribution in [2.75, 3.05) is 18.0 Å². The van der Waals surface area contributed by atoms with Crippen LogP contribution in [0.3, 0.4) is 0 Å². The third-order valence-electron chi connectivity index (χ3n) is 5.04. The van der Waals surface area contributed by atoms with Gasteiger partial charge in [-0.05, 0) is 56.7 Å². The molecule has 2 fully saturated rings. The van der Waals surface area contributed by atoms with Crippen LogP contribution in [0.2, 0.25) is 0 Å². The Hall–Kier alpha value is -1.29. The normalized spacial score (nSPS) is 26.1. The molecule has 23 heavy (non-hydrogen) atoms. The highest BCUT2D eigenvalue weighted by molar-refractivity contribution is 6.20. The lowest BCUT2D eigenvalue weighted by Gasteiger charge is -2.35. The molecule has 126 valence electrons. The van der Waals surface area contributed by atoms with E-state index >= 15 is 0 Å². The number of nitrogens with one attached hydrogen (secondary N) is 1. The minimum absolute atomic E-state index is 0.131. The lowest BCUT2D eigenvalue weighted by molar-refractivity contribution is -0.126. The zero-order valence-electron chi connectivity index (χ0n) is 13.3. The Morgan fingerprint density at radius 3 is 2.48 bits per heavy atom. The summed E-state index contributed by atoms with van der Waals surface area (Å²) in [5, 5.41) is 3.45. The number of piperidine rings is 1. The molecule has 1 amide bonds. The maximum atomic E-state index is 13.3. The van der Waals surface area contributed by atoms with E-state index in [1.807, 2.05) is 6.07 Å². The van der Waals surface area contributed by atoms with Crippen molar-refractivity contribution in [3.8, 4) is 0 Å². The average Bonchev–Trinajstić information content (AvgIpc) is 2.56. The van der Waals surface area contributed by atoms with Gasteiger partial charge in [-0.15, -0.1) is 11.6 Å². The van der Waals surface area contributed by atoms with Crippen LogP contribution in [0.25, 0.3) is 0 Å². The Labute approximate surface area is 142 Å². The van der Waals surface area contributed by atoms with Gasteiger partial charge in [-0.3, -0.25) is 4.79 Å². The number of amides is 1. The summed E-state index contributed by atoms with van der Waals surface area (Å²) >= 11 is 6.10. The molecular weight excluding hydrogens is 315 g/mol. The van der Waals surface area contributed by atoms with Crippen molar-refractivity contribution in [3.63, 3.8) is 0 Å². The maximum absolute atomic E-state index is 13.3. The summed E-state index contributed by atoms with van der Waals surface area (Å²) in [5.74, 6) is 0.122. The largest absolute Gasteiger partial charge is 0.371 e. The average molecular weight is 339 g/mol. The number of rotatable bonds is 3. The standard InChI is InChI=1S/C18H24ClFN2O/c19-14-6-4-13(5-7-14)18(23)21-16-8-10-22(11-9-16)17-3-1-2-15(20)12-17/h1-3,12-14,16H,4-11H2,(H,21,23). The lowest BCUT2D eigenvalue weighted by Crippen LogP contribution is -2.46. The fraction of sp³-hybridized carbons (Fsp3) is 0.611. The van der Waals surface area contributed by atoms with Crippen LogP contribution in [-0.2, 0) is 4.79 Å². The molecule has 0 aromatic heterocycles. The van der Waals surface area contributed by atoms with Gasteiger partial charge in [-0.1, -0.05) is 6.07 Å². The Morgan fingerprint density at radius 1 is 1.13 bits per heavy atom. The van der Waals surface area contributed by atoms with Gasteiger partial charge in [0.25, 0.3) is 0 Å². The SMILES string of the molecule is O=C(NC1CCN(c2cccc(F)c2)CC1)C1CCC(Cl)CC1. The Balaban J connectivity index is 1.46. The molecule has 3 rings (SSSR count). The molecule has 1 saturated heterocycles. The molecule has 0 unspecified atom stereocenters. The van der Waals surface area contributed by atoms with E-state index in [1.54, 1.807) is 12.1 Å². The second kappa shape index (κ2) is 7.52. The Bertz CT molecular complexity index is 538. The van der Waals surface area contributed by atoms with Crippen LogP contribution < -0.4 is 10.2 Å². The highest BCUT2D eigenvalue weighted by Gasteiger charge is 2.28. The van der Waals surface area contributed by atoms with Crippen molar-refractivity contribution in [2.45, 2.75) is 49.9 Å². The minimum Gasteiger partial charge on any atom is -0.371 e. The van der Waals surface area contributed by atoms with E-state index in [0.29, 0.717) is 0 Å². The van der Waals surface area contributed by atoms with Crippen molar-refractivity contribution in [3.05, 3.63) is 30.1 Å². The second-order valence-corrected chi connectivity index (χ2v) is 7.32. The molecule has 1 heterocycles. The number of nitrogens with zero attached hydrogens (tertiary/aromatic N) is 1. The summed E-state index contributed by atoms with van der Waals surface area (Å²) in [5.41, 5.74) is 0.926. The number of hydrogen-bond donors (Lipinski definition) is 1. The van der Waals surface area contributed by atoms with E-state index in [0.717, 1.165) is 57.3 Å². The van der Waals surface area contributed by atoms with Gasteiger partial charge < -0.3 is 10.2 Å². The molecule has 1 aliphatic carbocycles. The van der Waals surface area contributed by atoms with Crippen LogP contribution in [0.5, 0.6) is 0 Å². The van der Waals surface area contributed by atoms with Crippen LogP contribution in [0, 0.1) is 11.7 Å². The smallest absolute Gasteiger partial charge is 0.223 e. The number of benzene rings is 1. The number of carbonyl (C=O) groups excluding carboxylic acids is 1. The number of hydrogen-bond acceptors (Lipinski definition) is 2. The highest BCUT2D eigenvalue weighted by atomic mass is 35.5. The molecule has 1 N–H and O–H groups in total. The first-order valence-corrected chi connectivity index (χ1v) is 9.00. The fourth-order valence-corrected chi connectivity index (χ4v) is 3.84. The third-order valence-corrected chi connectivity index (χ3v) is 5.48. The molecule has 0 bridgehead atoms. The van der Waals surface area contributed by atoms with E-state index in [9.17, 15) is 9.18 Å². The van der Waals surface area contributed by atoms with E-state index in [2.05, 4.69) is 10.2 Å². The monoisotopic (exact) mass is 338 g/mol. The molecule has 1 aliphatic heterocycles. The molecular formula is C18H24ClFN2O. The molecule has 0 spiro atoms. The van der Waals surface area contributed by atoms with Crippen LogP contribution >= 0.6 is 11.6 Å². The van der Waals surface area contributed by atoms with Gasteiger partial charge in [-0.25, -0.2) is 4.39 Å². The van der Waals surface area contributed by atoms with E-state index in [4.69, 9.17) is 11.6 Å². The van der Waals surface area contributed by atoms with Crippen molar-refractivity contribution >= 4 is 23.2 Å². The van der Waals surface area contributed by atoms with Crippen LogP contribution in [0.15, 0.2) is 24.3 Å². The first-order chi connectivity index (χ1) is 11.1. The number of alkyl halides is 1. The van der Waals surface area contributed by atoms with E-state index in [-0.39, 0.29) is 29.1 Å². The zero-order chi connectivity index (χ0) is 16.2. The summed E-state index contributed by atoms with van der Waals surface area (Å²) < 4.78 is 13.3. The quantitative estimate of drug-likeness (QED) is 0.852. The Kier molecular flexibility index (Phi) is 5.42. The number of halogens is 2. The molecule has 1 saturated carbocycles. The van der Waals surface area contributed by atoms with Gasteiger partial charge >= 0.3 is 0 Å². The van der Waals surface area contributed by atoms with Gasteiger partial charge in [0.05, 0.1) is 0 Å². The predicted molar refractivity (Wildman–Crippen MR) is 91.4 cm³/mol. The topological polar surface area (TPSA) is 32.3 Å². The molecule has 0 atom stereocenters. The first-order valence-electron chi connectivity index (χ1n) is 8.57. The van der Waals surface area contributed by atoms with Gasteiger partial charge in [0.15, 0.2) is 0 Å². The minimum atomic E-state index is -0.201. The summed E-state index contributed by atoms with van der Waals surface area (Å²) in [6.07, 6.45) is 5.51. The van der Waals surface area contributed by atoms with Crippen molar-refractivity contribution in [1.82, 2.24) is 5.32 Å². The number of anilines is 1. The van der Waals surface area contributed by atoms with E-state index in [1.165, 1.54) is 6.07 Å². The van der Waals surface area contributed by atoms with Gasteiger partial charge in [-0.2, -0.15) is 0 Å². The second-order valence-electron chi connectivity index (χ2n) is 6.70. The Morgan fingerprint density at radius 2 is 1.83 bits per heavy atom. The summed E-state index contributed by atoms with van der Waals surface area (Å²) in [6, 6.07) is 6.95. The van der Waals surface area contributed by atoms with Gasteiger partial charge in [0.1, 0.15) is 5.82 Å². The van der Waals surface area contributed by atoms with Crippen molar-refractivity contribution in [1.29, 1.82) is 0 Å². The molecule has 0 radical (unpaired) electrons. The number of carbonyl (C=O) groups is 1. The summed E-state index contributed by atoms with van der Waals surface area (Å²) in [6.45, 7) is 1.70. The molecule has 1 aromatic carbocycles. The fourth-order valence-electron chi connectivity index (χ4n) is 3.59. The van der Waals surface area contributed by atoms with Gasteiger partial charge in [0, 0.05) is 36.1 Å². The maximum Gasteiger partial charge on any atom is 0.223 e. The molecule has 5 heteroatoms. The lowest BCUT2D eigenvalue weighted by atomic mass is 9.88. The van der Waals surface area contributed by atoms with E-state index < -0.39 is 0 Å². The first kappa shape index (κ1) is 16.6. The highest BCUT2D eigenvalue weighted by Crippen LogP contribution is 2.28. The molecule has 2 aliphatic rings. The molecule has 1 aromatic rings. The van der Waals surface area contributed by atoms with Crippen LogP contribution in [-0.4, -0.2) is 30.4 Å². The van der Waals surface area contributed by atoms with Crippen LogP contribution in [0.4, 0.5) is 10.1 Å². The van der Waals surface area contributed by atoms with Crippen LogP contribution in [0.1, 0.15) is 38.5 Å². The third kappa shape index (κ3) is 4.37. The van der Waals surface area contributed by atoms with Crippen molar-refractivity contribution < 1.29 is 9.18 Å². The van der Waals surface area contributed by atoms with Gasteiger partial charge in [0.2, 0.25) is 5.91 Å². The molecule has 3 nitrogen and oxygen atoms in total. The summed E-state index contributed by atoms with van der Waals surface area (Å²) in [4.78, 5) is 14.5. The predicted octanol–water partition coefficient (Wildman–Crippen LogP) is 3.71.